The van der Waals surface area contributed by atoms with Crippen molar-refractivity contribution in [2.45, 2.75) is 39.5 Å². The molecule has 0 spiro atoms. The van der Waals surface area contributed by atoms with Crippen LogP contribution in [0.15, 0.2) is 176 Å². The van der Waals surface area contributed by atoms with E-state index in [1.807, 2.05) is 0 Å². The van der Waals surface area contributed by atoms with Crippen LogP contribution in [0.25, 0.3) is 49.4 Å². The molecule has 0 bridgehead atoms. The number of hydrogen-bond acceptors (Lipinski definition) is 1. The van der Waals surface area contributed by atoms with E-state index < -0.39 is 0 Å². The SMILES string of the molecule is CC1CC(N(c2ccc(-c3cccc4ccccc34)cc2)c2ccc(-c3cccc4ccccc34)cc2)=CC=C1c1cccc(C(C)(C)C)c1. The standard InChI is InChI=1S/C49H43N/c1-34-32-43(30-31-44(34)39-16-9-17-40(33-39)49(2,3)4)50(41-26-22-37(23-27-41)47-20-10-14-35-12-5-7-18-45(35)47)42-28-24-38(25-29-42)48-21-11-15-36-13-6-8-19-46(36)48/h5-31,33-34H,32H2,1-4H3. The van der Waals surface area contributed by atoms with Crippen LogP contribution in [0.1, 0.15) is 45.2 Å². The molecule has 0 amide bonds. The molecule has 1 unspecified atom stereocenters. The minimum Gasteiger partial charge on any atom is -0.314 e. The van der Waals surface area contributed by atoms with Crippen molar-refractivity contribution < 1.29 is 0 Å². The van der Waals surface area contributed by atoms with Crippen molar-refractivity contribution in [2.75, 3.05) is 4.90 Å². The van der Waals surface area contributed by atoms with Crippen molar-refractivity contribution in [1.82, 2.24) is 0 Å². The summed E-state index contributed by atoms with van der Waals surface area (Å²) < 4.78 is 0. The number of hydrogen-bond donors (Lipinski definition) is 0. The normalized spacial score (nSPS) is 14.8. The van der Waals surface area contributed by atoms with Gasteiger partial charge >= 0.3 is 0 Å². The second kappa shape index (κ2) is 13.0. The van der Waals surface area contributed by atoms with E-state index in [4.69, 9.17) is 0 Å². The van der Waals surface area contributed by atoms with Crippen molar-refractivity contribution in [1.29, 1.82) is 0 Å². The van der Waals surface area contributed by atoms with Gasteiger partial charge in [-0.25, -0.2) is 0 Å². The molecule has 0 fully saturated rings. The lowest BCUT2D eigenvalue weighted by molar-refractivity contribution is 0.590. The summed E-state index contributed by atoms with van der Waals surface area (Å²) in [5.74, 6) is 0.373. The van der Waals surface area contributed by atoms with Crippen molar-refractivity contribution >= 4 is 38.5 Å². The lowest BCUT2D eigenvalue weighted by Gasteiger charge is -2.33. The highest BCUT2D eigenvalue weighted by molar-refractivity contribution is 5.98. The summed E-state index contributed by atoms with van der Waals surface area (Å²) in [6.07, 6.45) is 5.64. The zero-order valence-corrected chi connectivity index (χ0v) is 29.4. The smallest absolute Gasteiger partial charge is 0.0458 e. The Labute approximate surface area is 296 Å². The van der Waals surface area contributed by atoms with Crippen LogP contribution in [0.3, 0.4) is 0 Å². The minimum absolute atomic E-state index is 0.114. The molecule has 50 heavy (non-hydrogen) atoms. The molecule has 1 heteroatoms. The van der Waals surface area contributed by atoms with Gasteiger partial charge in [-0.05, 0) is 109 Å². The summed E-state index contributed by atoms with van der Waals surface area (Å²) in [7, 11) is 0. The topological polar surface area (TPSA) is 3.24 Å². The number of rotatable bonds is 6. The maximum absolute atomic E-state index is 2.45. The van der Waals surface area contributed by atoms with Crippen LogP contribution in [0.4, 0.5) is 11.4 Å². The van der Waals surface area contributed by atoms with Gasteiger partial charge in [-0.15, -0.1) is 0 Å². The number of nitrogens with zero attached hydrogens (tertiary/aromatic N) is 1. The molecule has 1 aliphatic rings. The summed E-state index contributed by atoms with van der Waals surface area (Å²) in [6.45, 7) is 9.24. The van der Waals surface area contributed by atoms with E-state index in [-0.39, 0.29) is 5.41 Å². The Bertz CT molecular complexity index is 2250. The van der Waals surface area contributed by atoms with E-state index in [9.17, 15) is 0 Å². The van der Waals surface area contributed by atoms with Gasteiger partial charge in [0, 0.05) is 17.1 Å². The molecule has 8 rings (SSSR count). The zero-order chi connectivity index (χ0) is 34.2. The fraction of sp³-hybridized carbons (Fsp3) is 0.143. The molecule has 0 aromatic heterocycles. The lowest BCUT2D eigenvalue weighted by atomic mass is 9.82. The summed E-state index contributed by atoms with van der Waals surface area (Å²) in [6, 6.07) is 57.8. The van der Waals surface area contributed by atoms with Gasteiger partial charge in [-0.3, -0.25) is 0 Å². The quantitative estimate of drug-likeness (QED) is 0.174. The van der Waals surface area contributed by atoms with Crippen molar-refractivity contribution in [3.05, 3.63) is 187 Å². The summed E-state index contributed by atoms with van der Waals surface area (Å²) in [5.41, 5.74) is 12.8. The van der Waals surface area contributed by atoms with Gasteiger partial charge in [0.1, 0.15) is 0 Å². The van der Waals surface area contributed by atoms with E-state index in [1.54, 1.807) is 0 Å². The average molecular weight is 646 g/mol. The largest absolute Gasteiger partial charge is 0.314 e. The monoisotopic (exact) mass is 645 g/mol. The molecular formula is C49H43N. The van der Waals surface area contributed by atoms with Crippen LogP contribution < -0.4 is 4.90 Å². The Morgan fingerprint density at radius 2 is 1.00 bits per heavy atom. The fourth-order valence-corrected chi connectivity index (χ4v) is 7.57. The third-order valence-corrected chi connectivity index (χ3v) is 10.3. The van der Waals surface area contributed by atoms with Crippen LogP contribution in [0.2, 0.25) is 0 Å². The molecule has 0 radical (unpaired) electrons. The molecule has 0 saturated carbocycles. The second-order valence-electron chi connectivity index (χ2n) is 14.7. The molecule has 1 atom stereocenters. The highest BCUT2D eigenvalue weighted by Gasteiger charge is 2.24. The van der Waals surface area contributed by atoms with Gasteiger partial charge in [0.15, 0.2) is 0 Å². The van der Waals surface area contributed by atoms with E-state index in [1.165, 1.54) is 66.2 Å². The van der Waals surface area contributed by atoms with E-state index in [0.29, 0.717) is 5.92 Å². The van der Waals surface area contributed by atoms with Gasteiger partial charge in [0.2, 0.25) is 0 Å². The first-order valence-corrected chi connectivity index (χ1v) is 17.8. The highest BCUT2D eigenvalue weighted by atomic mass is 15.1. The predicted octanol–water partition coefficient (Wildman–Crippen LogP) is 13.8. The Balaban J connectivity index is 1.20. The average Bonchev–Trinajstić information content (AvgIpc) is 3.15. The van der Waals surface area contributed by atoms with Gasteiger partial charge in [-0.1, -0.05) is 167 Å². The maximum atomic E-state index is 2.45. The molecule has 1 nitrogen and oxygen atoms in total. The molecule has 0 N–H and O–H groups in total. The van der Waals surface area contributed by atoms with Gasteiger partial charge in [0.25, 0.3) is 0 Å². The number of fused-ring (bicyclic) bond motifs is 2. The molecule has 0 heterocycles. The Kier molecular flexibility index (Phi) is 8.21. The van der Waals surface area contributed by atoms with E-state index in [2.05, 4.69) is 202 Å². The van der Waals surface area contributed by atoms with Crippen LogP contribution >= 0.6 is 0 Å². The van der Waals surface area contributed by atoms with E-state index in [0.717, 1.165) is 17.8 Å². The van der Waals surface area contributed by atoms with E-state index >= 15 is 0 Å². The molecular weight excluding hydrogens is 603 g/mol. The first-order valence-electron chi connectivity index (χ1n) is 17.8. The summed E-state index contributed by atoms with van der Waals surface area (Å²) in [4.78, 5) is 2.45. The number of benzene rings is 7. The second-order valence-corrected chi connectivity index (χ2v) is 14.7. The Hall–Kier alpha value is -5.66. The van der Waals surface area contributed by atoms with Crippen molar-refractivity contribution in [2.24, 2.45) is 5.92 Å². The third-order valence-electron chi connectivity index (χ3n) is 10.3. The Morgan fingerprint density at radius 1 is 0.500 bits per heavy atom. The lowest BCUT2D eigenvalue weighted by Crippen LogP contribution is -2.20. The first-order chi connectivity index (χ1) is 24.3. The fourth-order valence-electron chi connectivity index (χ4n) is 7.57. The van der Waals surface area contributed by atoms with Gasteiger partial charge in [-0.2, -0.15) is 0 Å². The van der Waals surface area contributed by atoms with Gasteiger partial charge in [0.05, 0.1) is 0 Å². The summed E-state index contributed by atoms with van der Waals surface area (Å²) >= 11 is 0. The van der Waals surface area contributed by atoms with Crippen LogP contribution in [-0.2, 0) is 5.41 Å². The van der Waals surface area contributed by atoms with Crippen LogP contribution in [0, 0.1) is 5.92 Å². The predicted molar refractivity (Wildman–Crippen MR) is 216 cm³/mol. The van der Waals surface area contributed by atoms with Crippen molar-refractivity contribution in [3.63, 3.8) is 0 Å². The molecule has 7 aromatic carbocycles. The highest BCUT2D eigenvalue weighted by Crippen LogP contribution is 2.41. The zero-order valence-electron chi connectivity index (χ0n) is 29.4. The maximum Gasteiger partial charge on any atom is 0.0458 e. The first kappa shape index (κ1) is 31.6. The van der Waals surface area contributed by atoms with Crippen molar-refractivity contribution in [3.8, 4) is 22.3 Å². The molecule has 1 aliphatic carbocycles. The number of anilines is 2. The minimum atomic E-state index is 0.114. The molecule has 7 aromatic rings. The van der Waals surface area contributed by atoms with Crippen LogP contribution in [0.5, 0.6) is 0 Å². The van der Waals surface area contributed by atoms with Gasteiger partial charge < -0.3 is 4.90 Å². The third kappa shape index (κ3) is 6.05. The molecule has 0 aliphatic heterocycles. The van der Waals surface area contributed by atoms with Crippen LogP contribution in [-0.4, -0.2) is 0 Å². The number of allylic oxidation sites excluding steroid dienone is 4. The summed E-state index contributed by atoms with van der Waals surface area (Å²) in [5, 5.41) is 5.08. The Morgan fingerprint density at radius 3 is 1.52 bits per heavy atom. The molecule has 244 valence electrons. The molecule has 0 saturated heterocycles.